The molecule has 0 bridgehead atoms. The van der Waals surface area contributed by atoms with Gasteiger partial charge >= 0.3 is 0 Å². The van der Waals surface area contributed by atoms with Gasteiger partial charge in [-0.25, -0.2) is 23.1 Å². The summed E-state index contributed by atoms with van der Waals surface area (Å²) in [6.07, 6.45) is 4.83. The highest BCUT2D eigenvalue weighted by atomic mass is 19.3. The molecule has 43 heavy (non-hydrogen) atoms. The smallest absolute Gasteiger partial charge is 0.258 e. The monoisotopic (exact) mass is 596 g/mol. The van der Waals surface area contributed by atoms with E-state index in [4.69, 9.17) is 9.47 Å². The number of carbonyl (C=O) groups excluding carboxylic acids is 1. The molecule has 12 heteroatoms. The Morgan fingerprint density at radius 1 is 1.16 bits per heavy atom. The first-order valence-electron chi connectivity index (χ1n) is 14.6. The Morgan fingerprint density at radius 2 is 1.95 bits per heavy atom. The summed E-state index contributed by atoms with van der Waals surface area (Å²) in [5.74, 6) is 0.363. The Kier molecular flexibility index (Phi) is 7.89. The fourth-order valence-electron chi connectivity index (χ4n) is 6.44. The summed E-state index contributed by atoms with van der Waals surface area (Å²) in [6.45, 7) is 7.02. The van der Waals surface area contributed by atoms with Crippen LogP contribution in [0, 0.1) is 11.2 Å². The summed E-state index contributed by atoms with van der Waals surface area (Å²) >= 11 is 0. The number of aromatic nitrogens is 3. The van der Waals surface area contributed by atoms with Gasteiger partial charge in [0, 0.05) is 55.3 Å². The predicted octanol–water partition coefficient (Wildman–Crippen LogP) is 5.17. The van der Waals surface area contributed by atoms with E-state index in [1.807, 2.05) is 12.3 Å². The molecule has 3 aliphatic rings. The highest BCUT2D eigenvalue weighted by Crippen LogP contribution is 2.52. The van der Waals surface area contributed by atoms with Gasteiger partial charge < -0.3 is 24.6 Å². The van der Waals surface area contributed by atoms with Crippen molar-refractivity contribution in [2.75, 3.05) is 31.1 Å². The molecule has 3 aromatic rings. The van der Waals surface area contributed by atoms with E-state index < -0.39 is 30.7 Å². The third-order valence-corrected chi connectivity index (χ3v) is 8.51. The molecule has 1 saturated carbocycles. The van der Waals surface area contributed by atoms with Gasteiger partial charge in [-0.1, -0.05) is 0 Å². The van der Waals surface area contributed by atoms with E-state index in [2.05, 4.69) is 32.1 Å². The van der Waals surface area contributed by atoms with Crippen LogP contribution in [0.4, 0.5) is 19.0 Å². The van der Waals surface area contributed by atoms with Crippen molar-refractivity contribution in [1.29, 1.82) is 0 Å². The molecule has 1 amide bonds. The molecule has 0 radical (unpaired) electrons. The summed E-state index contributed by atoms with van der Waals surface area (Å²) in [5.41, 5.74) is 2.21. The van der Waals surface area contributed by atoms with E-state index in [0.717, 1.165) is 72.9 Å². The van der Waals surface area contributed by atoms with Crippen LogP contribution in [0.1, 0.15) is 61.3 Å². The highest BCUT2D eigenvalue weighted by molar-refractivity contribution is 5.97. The number of rotatable bonds is 9. The zero-order chi connectivity index (χ0) is 30.3. The number of benzene rings is 1. The molecule has 1 unspecified atom stereocenters. The fourth-order valence-corrected chi connectivity index (χ4v) is 6.44. The van der Waals surface area contributed by atoms with E-state index >= 15 is 0 Å². The van der Waals surface area contributed by atoms with Crippen LogP contribution in [0.2, 0.25) is 0 Å². The summed E-state index contributed by atoms with van der Waals surface area (Å²) in [6, 6.07) is 5.11. The van der Waals surface area contributed by atoms with Gasteiger partial charge in [0.25, 0.3) is 12.3 Å². The molecule has 9 nitrogen and oxygen atoms in total. The molecular weight excluding hydrogens is 561 g/mol. The van der Waals surface area contributed by atoms with Crippen LogP contribution in [0.5, 0.6) is 17.2 Å². The van der Waals surface area contributed by atoms with Gasteiger partial charge in [-0.3, -0.25) is 9.78 Å². The van der Waals surface area contributed by atoms with Crippen molar-refractivity contribution in [3.05, 3.63) is 65.6 Å². The number of nitrogens with zero attached hydrogens (tertiary/aromatic N) is 5. The molecule has 2 fully saturated rings. The largest absolute Gasteiger partial charge is 0.490 e. The molecule has 1 aliphatic carbocycles. The van der Waals surface area contributed by atoms with Gasteiger partial charge in [-0.15, -0.1) is 0 Å². The van der Waals surface area contributed by atoms with Gasteiger partial charge in [0.2, 0.25) is 0 Å². The number of carbonyl (C=O) groups is 1. The summed E-state index contributed by atoms with van der Waals surface area (Å²) in [7, 11) is 0. The zero-order valence-electron chi connectivity index (χ0n) is 24.4. The van der Waals surface area contributed by atoms with Crippen LogP contribution in [0.25, 0.3) is 0 Å². The minimum Gasteiger partial charge on any atom is -0.490 e. The lowest BCUT2D eigenvalue weighted by molar-refractivity contribution is -0.0351. The van der Waals surface area contributed by atoms with Crippen LogP contribution >= 0.6 is 0 Å². The molecule has 1 aromatic carbocycles. The van der Waals surface area contributed by atoms with Crippen LogP contribution in [-0.4, -0.2) is 70.5 Å². The Balaban J connectivity index is 1.13. The van der Waals surface area contributed by atoms with Crippen LogP contribution < -0.4 is 19.7 Å². The van der Waals surface area contributed by atoms with Gasteiger partial charge in [-0.2, -0.15) is 0 Å². The number of nitrogens with one attached hydrogen (secondary N) is 1. The zero-order valence-corrected chi connectivity index (χ0v) is 24.4. The topological polar surface area (TPSA) is 92.7 Å². The lowest BCUT2D eigenvalue weighted by atomic mass is 9.61. The van der Waals surface area contributed by atoms with Crippen molar-refractivity contribution >= 4 is 11.7 Å². The normalized spacial score (nSPS) is 19.2. The Labute approximate surface area is 248 Å². The standard InChI is InChI=1S/C31H35F3N6O3/c1-18(2)40(14-27(33)34)30(41)22-10-20(32)4-5-24(22)43-26-13-35-17-38-29(26)39-15-31(16-39)11-21(12-31)42-25-7-9-37-23-6-8-36-19(3)28(23)25/h4-5,7,9-10,13,17-19,21,27,36H,6,8,11-12,14-16H2,1-3H3. The fraction of sp³-hybridized carbons (Fsp3) is 0.484. The van der Waals surface area contributed by atoms with Crippen molar-refractivity contribution in [2.45, 2.75) is 64.6 Å². The SMILES string of the molecule is CC1NCCc2nccc(OC3CC4(C3)CN(c3ncncc3Oc3ccc(F)cc3C(=O)N(CC(F)F)C(C)C)C4)c21. The number of anilines is 1. The maximum Gasteiger partial charge on any atom is 0.258 e. The number of halogens is 3. The third-order valence-electron chi connectivity index (χ3n) is 8.51. The Morgan fingerprint density at radius 3 is 2.70 bits per heavy atom. The molecule has 1 saturated heterocycles. The quantitative estimate of drug-likeness (QED) is 0.362. The van der Waals surface area contributed by atoms with Gasteiger partial charge in [0.1, 0.15) is 29.7 Å². The molecule has 1 atom stereocenters. The lowest BCUT2D eigenvalue weighted by Gasteiger charge is -2.59. The molecule has 4 heterocycles. The van der Waals surface area contributed by atoms with Crippen molar-refractivity contribution in [1.82, 2.24) is 25.2 Å². The Bertz CT molecular complexity index is 1490. The summed E-state index contributed by atoms with van der Waals surface area (Å²) in [4.78, 5) is 29.4. The van der Waals surface area contributed by atoms with Crippen molar-refractivity contribution in [2.24, 2.45) is 5.41 Å². The first kappa shape index (κ1) is 29.2. The second-order valence-electron chi connectivity index (χ2n) is 12.0. The number of hydrogen-bond donors (Lipinski definition) is 1. The maximum absolute atomic E-state index is 14.2. The average Bonchev–Trinajstić information content (AvgIpc) is 2.93. The van der Waals surface area contributed by atoms with Crippen LogP contribution in [-0.2, 0) is 6.42 Å². The van der Waals surface area contributed by atoms with E-state index in [1.165, 1.54) is 18.6 Å². The van der Waals surface area contributed by atoms with Gasteiger partial charge in [0.15, 0.2) is 11.6 Å². The number of amides is 1. The third kappa shape index (κ3) is 5.84. The van der Waals surface area contributed by atoms with E-state index in [1.54, 1.807) is 13.8 Å². The minimum absolute atomic E-state index is 0.0408. The second kappa shape index (κ2) is 11.6. The van der Waals surface area contributed by atoms with Gasteiger partial charge in [-0.05, 0) is 57.9 Å². The number of alkyl halides is 2. The minimum atomic E-state index is -2.73. The van der Waals surface area contributed by atoms with E-state index in [-0.39, 0.29) is 28.9 Å². The van der Waals surface area contributed by atoms with E-state index in [9.17, 15) is 18.0 Å². The molecular formula is C31H35F3N6O3. The number of fused-ring (bicyclic) bond motifs is 1. The number of hydrogen-bond acceptors (Lipinski definition) is 8. The maximum atomic E-state index is 14.2. The van der Waals surface area contributed by atoms with Crippen LogP contribution in [0.15, 0.2) is 43.0 Å². The second-order valence-corrected chi connectivity index (χ2v) is 12.0. The van der Waals surface area contributed by atoms with Gasteiger partial charge in [0.05, 0.1) is 24.0 Å². The molecule has 2 aromatic heterocycles. The molecule has 1 N–H and O–H groups in total. The van der Waals surface area contributed by atoms with Crippen molar-refractivity contribution in [3.8, 4) is 17.2 Å². The first-order valence-corrected chi connectivity index (χ1v) is 14.6. The molecule has 6 rings (SSSR count). The highest BCUT2D eigenvalue weighted by Gasteiger charge is 2.54. The molecule has 2 aliphatic heterocycles. The summed E-state index contributed by atoms with van der Waals surface area (Å²) in [5, 5.41) is 3.48. The van der Waals surface area contributed by atoms with E-state index in [0.29, 0.717) is 11.6 Å². The lowest BCUT2D eigenvalue weighted by Crippen LogP contribution is -2.65. The molecule has 1 spiro atoms. The first-order chi connectivity index (χ1) is 20.6. The Hall–Kier alpha value is -3.93. The summed E-state index contributed by atoms with van der Waals surface area (Å²) < 4.78 is 53.2. The number of ether oxygens (including phenoxy) is 2. The molecule has 228 valence electrons. The predicted molar refractivity (Wildman–Crippen MR) is 153 cm³/mol. The number of pyridine rings is 1. The van der Waals surface area contributed by atoms with Crippen molar-refractivity contribution < 1.29 is 27.4 Å². The van der Waals surface area contributed by atoms with Crippen LogP contribution in [0.3, 0.4) is 0 Å². The average molecular weight is 597 g/mol. The van der Waals surface area contributed by atoms with Crippen molar-refractivity contribution in [3.63, 3.8) is 0 Å².